The lowest BCUT2D eigenvalue weighted by atomic mass is 9.87. The molecule has 172 valence electrons. The number of hydrogen-bond donors (Lipinski definition) is 0. The number of ether oxygens (including phenoxy) is 2. The molecule has 2 aliphatic heterocycles. The first kappa shape index (κ1) is 22.4. The van der Waals surface area contributed by atoms with Gasteiger partial charge in [-0.3, -0.25) is 9.69 Å². The Bertz CT molecular complexity index is 890. The predicted octanol–water partition coefficient (Wildman–Crippen LogP) is 1.80. The van der Waals surface area contributed by atoms with Gasteiger partial charge in [-0.05, 0) is 50.8 Å². The second kappa shape index (κ2) is 9.34. The van der Waals surface area contributed by atoms with Crippen LogP contribution in [-0.4, -0.2) is 87.5 Å². The fraction of sp³-hybridized carbons (Fsp3) is 0.682. The smallest absolute Gasteiger partial charge is 0.243 e. The second-order valence-electron chi connectivity index (χ2n) is 8.92. The molecule has 2 fully saturated rings. The molecule has 0 unspecified atom stereocenters. The van der Waals surface area contributed by atoms with Crippen LogP contribution in [0.5, 0.6) is 11.5 Å². The second-order valence-corrected chi connectivity index (χ2v) is 10.9. The highest BCUT2D eigenvalue weighted by Gasteiger charge is 2.32. The summed E-state index contributed by atoms with van der Waals surface area (Å²) in [7, 11) is -1.61. The van der Waals surface area contributed by atoms with Crippen LogP contribution in [0.1, 0.15) is 32.6 Å². The highest BCUT2D eigenvalue weighted by atomic mass is 32.2. The van der Waals surface area contributed by atoms with Gasteiger partial charge in [0.2, 0.25) is 15.9 Å². The van der Waals surface area contributed by atoms with Crippen LogP contribution in [0, 0.1) is 5.92 Å². The number of piperazine rings is 1. The average Bonchev–Trinajstić information content (AvgIpc) is 2.79. The molecule has 1 saturated carbocycles. The molecular weight excluding hydrogens is 418 g/mol. The van der Waals surface area contributed by atoms with E-state index in [2.05, 4.69) is 11.8 Å². The molecule has 1 saturated heterocycles. The molecule has 0 spiro atoms. The number of nitrogens with zero attached hydrogens (tertiary/aromatic N) is 3. The Morgan fingerprint density at radius 2 is 1.68 bits per heavy atom. The molecule has 0 radical (unpaired) electrons. The molecule has 1 aromatic carbocycles. The summed E-state index contributed by atoms with van der Waals surface area (Å²) in [5, 5.41) is 0. The molecule has 1 amide bonds. The summed E-state index contributed by atoms with van der Waals surface area (Å²) < 4.78 is 38.6. The Labute approximate surface area is 185 Å². The van der Waals surface area contributed by atoms with Gasteiger partial charge in [0.05, 0.1) is 11.4 Å². The van der Waals surface area contributed by atoms with Crippen LogP contribution < -0.4 is 9.47 Å². The van der Waals surface area contributed by atoms with Gasteiger partial charge in [-0.25, -0.2) is 8.42 Å². The lowest BCUT2D eigenvalue weighted by Gasteiger charge is -2.37. The van der Waals surface area contributed by atoms with Crippen molar-refractivity contribution in [1.29, 1.82) is 0 Å². The van der Waals surface area contributed by atoms with Gasteiger partial charge in [0.25, 0.3) is 0 Å². The van der Waals surface area contributed by atoms with E-state index < -0.39 is 10.0 Å². The maximum Gasteiger partial charge on any atom is 0.243 e. The van der Waals surface area contributed by atoms with Crippen LogP contribution >= 0.6 is 0 Å². The lowest BCUT2D eigenvalue weighted by molar-refractivity contribution is -0.134. The van der Waals surface area contributed by atoms with Gasteiger partial charge < -0.3 is 14.4 Å². The zero-order chi connectivity index (χ0) is 22.0. The summed E-state index contributed by atoms with van der Waals surface area (Å²) in [5.41, 5.74) is 0. The van der Waals surface area contributed by atoms with Gasteiger partial charge in [0, 0.05) is 38.3 Å². The molecule has 2 heterocycles. The molecule has 8 nitrogen and oxygen atoms in total. The van der Waals surface area contributed by atoms with E-state index >= 15 is 0 Å². The van der Waals surface area contributed by atoms with Crippen molar-refractivity contribution >= 4 is 15.9 Å². The van der Waals surface area contributed by atoms with E-state index in [0.29, 0.717) is 63.5 Å². The predicted molar refractivity (Wildman–Crippen MR) is 117 cm³/mol. The van der Waals surface area contributed by atoms with Crippen molar-refractivity contribution in [2.75, 3.05) is 53.0 Å². The summed E-state index contributed by atoms with van der Waals surface area (Å²) in [6.45, 7) is 4.99. The number of fused-ring (bicyclic) bond motifs is 1. The van der Waals surface area contributed by atoms with Gasteiger partial charge in [-0.2, -0.15) is 4.31 Å². The Hall–Kier alpha value is -1.84. The lowest BCUT2D eigenvalue weighted by Crippen LogP contribution is -2.53. The molecule has 0 atom stereocenters. The van der Waals surface area contributed by atoms with Crippen molar-refractivity contribution in [3.8, 4) is 11.5 Å². The summed E-state index contributed by atoms with van der Waals surface area (Å²) in [4.78, 5) is 16.9. The van der Waals surface area contributed by atoms with E-state index in [4.69, 9.17) is 9.47 Å². The number of hydrogen-bond acceptors (Lipinski definition) is 6. The molecule has 1 aliphatic carbocycles. The number of sulfonamides is 1. The van der Waals surface area contributed by atoms with Gasteiger partial charge in [-0.1, -0.05) is 6.92 Å². The molecule has 3 aliphatic rings. The third kappa shape index (κ3) is 4.99. The minimum atomic E-state index is -3.64. The van der Waals surface area contributed by atoms with E-state index in [1.165, 1.54) is 23.2 Å². The Morgan fingerprint density at radius 3 is 2.35 bits per heavy atom. The minimum absolute atomic E-state index is 0.0810. The van der Waals surface area contributed by atoms with Gasteiger partial charge in [-0.15, -0.1) is 0 Å². The number of benzene rings is 1. The van der Waals surface area contributed by atoms with E-state index in [-0.39, 0.29) is 10.8 Å². The van der Waals surface area contributed by atoms with Crippen LogP contribution in [0.3, 0.4) is 0 Å². The van der Waals surface area contributed by atoms with Crippen molar-refractivity contribution in [2.24, 2.45) is 5.92 Å². The van der Waals surface area contributed by atoms with Gasteiger partial charge in [0.15, 0.2) is 11.5 Å². The van der Waals surface area contributed by atoms with Crippen LogP contribution in [-0.2, 0) is 14.8 Å². The zero-order valence-corrected chi connectivity index (χ0v) is 19.3. The molecule has 0 aromatic heterocycles. The molecule has 31 heavy (non-hydrogen) atoms. The van der Waals surface area contributed by atoms with E-state index in [9.17, 15) is 13.2 Å². The molecular formula is C22H33N3O5S. The summed E-state index contributed by atoms with van der Waals surface area (Å²) in [6.07, 6.45) is 4.73. The topological polar surface area (TPSA) is 79.4 Å². The van der Waals surface area contributed by atoms with Crippen molar-refractivity contribution in [3.05, 3.63) is 18.2 Å². The Morgan fingerprint density at radius 1 is 1.03 bits per heavy atom. The maximum atomic E-state index is 13.1. The standard InChI is InChI=1S/C22H33N3O5S/c1-17-3-5-18(6-4-17)23(2)16-22(26)24-9-11-25(12-10-24)31(27,28)19-7-8-20-21(15-19)30-14-13-29-20/h7-8,15,17-18H,3-6,9-14,16H2,1-2H3. The van der Waals surface area contributed by atoms with Gasteiger partial charge in [0.1, 0.15) is 13.2 Å². The number of amides is 1. The largest absolute Gasteiger partial charge is 0.486 e. The summed E-state index contributed by atoms with van der Waals surface area (Å²) in [5.74, 6) is 1.89. The molecule has 9 heteroatoms. The van der Waals surface area contributed by atoms with Crippen LogP contribution in [0.4, 0.5) is 0 Å². The van der Waals surface area contributed by atoms with Crippen molar-refractivity contribution in [2.45, 2.75) is 43.5 Å². The SMILES string of the molecule is CC1CCC(N(C)CC(=O)N2CCN(S(=O)(=O)c3ccc4c(c3)OCCO4)CC2)CC1. The third-order valence-electron chi connectivity index (χ3n) is 6.74. The fourth-order valence-corrected chi connectivity index (χ4v) is 6.07. The summed E-state index contributed by atoms with van der Waals surface area (Å²) in [6, 6.07) is 5.20. The van der Waals surface area contributed by atoms with E-state index in [1.54, 1.807) is 17.0 Å². The van der Waals surface area contributed by atoms with Crippen LogP contribution in [0.15, 0.2) is 23.1 Å². The first-order chi connectivity index (χ1) is 14.8. The minimum Gasteiger partial charge on any atom is -0.486 e. The number of carbonyl (C=O) groups is 1. The maximum absolute atomic E-state index is 13.1. The van der Waals surface area contributed by atoms with Crippen molar-refractivity contribution in [3.63, 3.8) is 0 Å². The Balaban J connectivity index is 1.32. The van der Waals surface area contributed by atoms with Crippen LogP contribution in [0.2, 0.25) is 0 Å². The van der Waals surface area contributed by atoms with Crippen molar-refractivity contribution < 1.29 is 22.7 Å². The third-order valence-corrected chi connectivity index (χ3v) is 8.63. The molecule has 0 N–H and O–H groups in total. The average molecular weight is 452 g/mol. The van der Waals surface area contributed by atoms with E-state index in [1.807, 2.05) is 7.05 Å². The highest BCUT2D eigenvalue weighted by molar-refractivity contribution is 7.89. The molecule has 1 aromatic rings. The molecule has 0 bridgehead atoms. The molecule has 4 rings (SSSR count). The number of likely N-dealkylation sites (N-methyl/N-ethyl adjacent to an activating group) is 1. The van der Waals surface area contributed by atoms with Gasteiger partial charge >= 0.3 is 0 Å². The van der Waals surface area contributed by atoms with E-state index in [0.717, 1.165) is 18.8 Å². The Kier molecular flexibility index (Phi) is 6.74. The zero-order valence-electron chi connectivity index (χ0n) is 18.5. The van der Waals surface area contributed by atoms with Crippen LogP contribution in [0.25, 0.3) is 0 Å². The first-order valence-corrected chi connectivity index (χ1v) is 12.7. The highest BCUT2D eigenvalue weighted by Crippen LogP contribution is 2.33. The fourth-order valence-electron chi connectivity index (χ4n) is 4.64. The number of carbonyl (C=O) groups excluding carboxylic acids is 1. The monoisotopic (exact) mass is 451 g/mol. The normalized spacial score (nSPS) is 24.9. The van der Waals surface area contributed by atoms with Crippen molar-refractivity contribution in [1.82, 2.24) is 14.1 Å². The number of rotatable bonds is 5. The first-order valence-electron chi connectivity index (χ1n) is 11.2. The quantitative estimate of drug-likeness (QED) is 0.679. The summed E-state index contributed by atoms with van der Waals surface area (Å²) >= 11 is 0.